The van der Waals surface area contributed by atoms with Crippen LogP contribution in [-0.4, -0.2) is 4.57 Å². The molecule has 1 aromatic rings. The second kappa shape index (κ2) is 21.1. The van der Waals surface area contributed by atoms with Gasteiger partial charge in [0.15, 0.2) is 0 Å². The normalized spacial score (nSPS) is 11.5. The van der Waals surface area contributed by atoms with Gasteiger partial charge >= 0.3 is 0 Å². The van der Waals surface area contributed by atoms with Crippen LogP contribution in [0.3, 0.4) is 0 Å². The minimum Gasteiger partial charge on any atom is -0.234 e. The molecule has 0 bridgehead atoms. The molecule has 1 aromatic heterocycles. The van der Waals surface area contributed by atoms with E-state index < -0.39 is 0 Å². The van der Waals surface area contributed by atoms with Gasteiger partial charge in [-0.15, -0.1) is 0 Å². The monoisotopic (exact) mass is 433 g/mol. The highest BCUT2D eigenvalue weighted by atomic mass is 15.1. The molecule has 0 N–H and O–H groups in total. The first-order chi connectivity index (χ1) is 15.3. The summed E-state index contributed by atoms with van der Waals surface area (Å²) in [4.78, 5) is 0. The number of aryl methyl sites for hydroxylation is 2. The molecule has 2 nitrogen and oxygen atoms in total. The first-order valence-corrected chi connectivity index (χ1v) is 14.4. The van der Waals surface area contributed by atoms with Crippen LogP contribution < -0.4 is 4.57 Å². The summed E-state index contributed by atoms with van der Waals surface area (Å²) in [5.74, 6) is 1.60. The third kappa shape index (κ3) is 14.8. The van der Waals surface area contributed by atoms with E-state index in [1.807, 2.05) is 0 Å². The van der Waals surface area contributed by atoms with Crippen LogP contribution in [0.4, 0.5) is 0 Å². The van der Waals surface area contributed by atoms with Gasteiger partial charge in [-0.3, -0.25) is 0 Å². The molecule has 0 atom stereocenters. The molecule has 0 radical (unpaired) electrons. The quantitative estimate of drug-likeness (QED) is 0.120. The van der Waals surface area contributed by atoms with Crippen LogP contribution in [0.2, 0.25) is 0 Å². The lowest BCUT2D eigenvalue weighted by molar-refractivity contribution is -0.704. The molecule has 0 fully saturated rings. The van der Waals surface area contributed by atoms with E-state index in [1.165, 1.54) is 148 Å². The second-order valence-corrected chi connectivity index (χ2v) is 9.86. The summed E-state index contributed by atoms with van der Waals surface area (Å²) in [6, 6.07) is 0. The summed E-state index contributed by atoms with van der Waals surface area (Å²) in [5.41, 5.74) is 0. The smallest absolute Gasteiger partial charge is 0.234 e. The van der Waals surface area contributed by atoms with Crippen molar-refractivity contribution in [1.29, 1.82) is 0 Å². The fourth-order valence-corrected chi connectivity index (χ4v) is 4.73. The Morgan fingerprint density at radius 1 is 0.548 bits per heavy atom. The van der Waals surface area contributed by atoms with E-state index >= 15 is 0 Å². The van der Waals surface area contributed by atoms with Crippen LogP contribution >= 0.6 is 0 Å². The van der Waals surface area contributed by atoms with Crippen molar-refractivity contribution in [2.45, 2.75) is 169 Å². The molecule has 1 rings (SSSR count). The number of unbranched alkanes of at least 4 members (excludes halogenated alkanes) is 17. The zero-order chi connectivity index (χ0) is 22.4. The molecular formula is C29H57N2+. The topological polar surface area (TPSA) is 8.81 Å². The van der Waals surface area contributed by atoms with E-state index in [1.54, 1.807) is 5.82 Å². The van der Waals surface area contributed by atoms with Gasteiger partial charge in [-0.05, 0) is 32.1 Å². The predicted molar refractivity (Wildman–Crippen MR) is 138 cm³/mol. The Balaban J connectivity index is 2.41. The molecule has 1 heterocycles. The molecule has 0 spiro atoms. The number of aromatic nitrogens is 2. The Bertz CT molecular complexity index is 455. The molecule has 0 unspecified atom stereocenters. The molecule has 182 valence electrons. The fourth-order valence-electron chi connectivity index (χ4n) is 4.73. The van der Waals surface area contributed by atoms with Crippen molar-refractivity contribution in [1.82, 2.24) is 4.57 Å². The van der Waals surface area contributed by atoms with E-state index in [2.05, 4.69) is 42.3 Å². The molecule has 0 aromatic carbocycles. The van der Waals surface area contributed by atoms with Crippen molar-refractivity contribution in [3.05, 3.63) is 18.2 Å². The van der Waals surface area contributed by atoms with Crippen LogP contribution in [0, 0.1) is 0 Å². The van der Waals surface area contributed by atoms with E-state index in [4.69, 9.17) is 0 Å². The number of hydrogen-bond acceptors (Lipinski definition) is 0. The molecule has 0 aliphatic heterocycles. The van der Waals surface area contributed by atoms with Gasteiger partial charge in [0.25, 0.3) is 5.82 Å². The zero-order valence-corrected chi connectivity index (χ0v) is 21.8. The number of nitrogens with zero attached hydrogens (tertiary/aromatic N) is 2. The molecular weight excluding hydrogens is 376 g/mol. The van der Waals surface area contributed by atoms with Gasteiger partial charge in [-0.25, -0.2) is 9.13 Å². The SMILES string of the molecule is CCCCCCCCCn1cc[n+](CCCCCCCCC)c1CCCCCCCC. The molecule has 0 saturated heterocycles. The minimum atomic E-state index is 1.23. The van der Waals surface area contributed by atoms with Gasteiger partial charge < -0.3 is 0 Å². The van der Waals surface area contributed by atoms with E-state index in [0.717, 1.165) is 0 Å². The number of hydrogen-bond donors (Lipinski definition) is 0. The van der Waals surface area contributed by atoms with Gasteiger partial charge in [0.2, 0.25) is 0 Å². The predicted octanol–water partition coefficient (Wildman–Crippen LogP) is 9.18. The maximum absolute atomic E-state index is 2.60. The van der Waals surface area contributed by atoms with Crippen molar-refractivity contribution in [2.75, 3.05) is 0 Å². The highest BCUT2D eigenvalue weighted by Crippen LogP contribution is 2.12. The van der Waals surface area contributed by atoms with Crippen molar-refractivity contribution < 1.29 is 4.57 Å². The summed E-state index contributed by atoms with van der Waals surface area (Å²) < 4.78 is 5.19. The van der Waals surface area contributed by atoms with Crippen molar-refractivity contribution in [3.63, 3.8) is 0 Å². The van der Waals surface area contributed by atoms with Crippen LogP contribution in [0.25, 0.3) is 0 Å². The van der Waals surface area contributed by atoms with E-state index in [-0.39, 0.29) is 0 Å². The summed E-state index contributed by atoms with van der Waals surface area (Å²) in [7, 11) is 0. The maximum Gasteiger partial charge on any atom is 0.256 e. The molecule has 31 heavy (non-hydrogen) atoms. The van der Waals surface area contributed by atoms with Gasteiger partial charge in [0.1, 0.15) is 12.4 Å². The summed E-state index contributed by atoms with van der Waals surface area (Å²) >= 11 is 0. The van der Waals surface area contributed by atoms with Crippen LogP contribution in [0.5, 0.6) is 0 Å². The van der Waals surface area contributed by atoms with Gasteiger partial charge in [0, 0.05) is 6.42 Å². The van der Waals surface area contributed by atoms with Crippen molar-refractivity contribution >= 4 is 0 Å². The zero-order valence-electron chi connectivity index (χ0n) is 21.8. The van der Waals surface area contributed by atoms with Gasteiger partial charge in [0.05, 0.1) is 13.1 Å². The Morgan fingerprint density at radius 3 is 1.55 bits per heavy atom. The maximum atomic E-state index is 2.60. The fraction of sp³-hybridized carbons (Fsp3) is 0.897. The Hall–Kier alpha value is -0.790. The van der Waals surface area contributed by atoms with Crippen LogP contribution in [-0.2, 0) is 19.5 Å². The molecule has 2 heteroatoms. The first-order valence-electron chi connectivity index (χ1n) is 14.4. The minimum absolute atomic E-state index is 1.23. The first kappa shape index (κ1) is 28.2. The van der Waals surface area contributed by atoms with E-state index in [0.29, 0.717) is 0 Å². The Kier molecular flexibility index (Phi) is 19.2. The molecule has 0 aliphatic carbocycles. The second-order valence-electron chi connectivity index (χ2n) is 9.86. The number of imidazole rings is 1. The highest BCUT2D eigenvalue weighted by Gasteiger charge is 2.16. The summed E-state index contributed by atoms with van der Waals surface area (Å²) in [6.07, 6.45) is 34.0. The average molecular weight is 434 g/mol. The van der Waals surface area contributed by atoms with Crippen molar-refractivity contribution in [2.24, 2.45) is 0 Å². The van der Waals surface area contributed by atoms with Gasteiger partial charge in [-0.2, -0.15) is 0 Å². The third-order valence-corrected chi connectivity index (χ3v) is 6.85. The van der Waals surface area contributed by atoms with Crippen molar-refractivity contribution in [3.8, 4) is 0 Å². The van der Waals surface area contributed by atoms with E-state index in [9.17, 15) is 0 Å². The molecule has 0 amide bonds. The standard InChI is InChI=1S/C29H57N2/c1-4-7-10-13-16-19-22-25-30-27-28-31(26-23-20-17-14-11-8-5-2)29(30)24-21-18-15-12-9-6-3/h27-28H,4-26H2,1-3H3/q+1. The van der Waals surface area contributed by atoms with Crippen LogP contribution in [0.1, 0.15) is 155 Å². The summed E-state index contributed by atoms with van der Waals surface area (Å²) in [6.45, 7) is 9.37. The van der Waals surface area contributed by atoms with Crippen LogP contribution in [0.15, 0.2) is 12.4 Å². The van der Waals surface area contributed by atoms with Gasteiger partial charge in [-0.1, -0.05) is 117 Å². The largest absolute Gasteiger partial charge is 0.256 e. The molecule has 0 saturated carbocycles. The Labute approximate surface area is 196 Å². The third-order valence-electron chi connectivity index (χ3n) is 6.85. The highest BCUT2D eigenvalue weighted by molar-refractivity contribution is 4.84. The Morgan fingerprint density at radius 2 is 1.00 bits per heavy atom. The lowest BCUT2D eigenvalue weighted by Crippen LogP contribution is -2.37. The lowest BCUT2D eigenvalue weighted by atomic mass is 10.1. The lowest BCUT2D eigenvalue weighted by Gasteiger charge is -2.07. The number of rotatable bonds is 23. The molecule has 0 aliphatic rings. The average Bonchev–Trinajstić information content (AvgIpc) is 3.16. The summed E-state index contributed by atoms with van der Waals surface area (Å²) in [5, 5.41) is 0.